The summed E-state index contributed by atoms with van der Waals surface area (Å²) in [6.07, 6.45) is 1.68. The topological polar surface area (TPSA) is 30.7 Å². The third-order valence-electron chi connectivity index (χ3n) is 5.67. The first-order valence-corrected chi connectivity index (χ1v) is 8.50. The number of benzene rings is 4. The van der Waals surface area contributed by atoms with E-state index in [-0.39, 0.29) is 0 Å². The first kappa shape index (κ1) is 13.1. The Hall–Kier alpha value is -3.20. The van der Waals surface area contributed by atoms with Crippen molar-refractivity contribution < 1.29 is 0 Å². The van der Waals surface area contributed by atoms with E-state index in [0.29, 0.717) is 0 Å². The summed E-state index contributed by atoms with van der Waals surface area (Å²) in [5.74, 6) is 0. The molecule has 0 aliphatic rings. The maximum absolute atomic E-state index is 4.69. The molecular weight excluding hydrogens is 306 g/mol. The number of aromatic nitrogens is 3. The summed E-state index contributed by atoms with van der Waals surface area (Å²) in [6.45, 7) is 2.20. The molecule has 2 aromatic heterocycles. The number of hydrogen-bond donors (Lipinski definition) is 0. The van der Waals surface area contributed by atoms with Crippen molar-refractivity contribution in [2.75, 3.05) is 0 Å². The Bertz CT molecular complexity index is 1460. The van der Waals surface area contributed by atoms with Crippen LogP contribution in [0.25, 0.3) is 54.3 Å². The van der Waals surface area contributed by atoms with Crippen molar-refractivity contribution in [2.45, 2.75) is 6.92 Å². The van der Waals surface area contributed by atoms with E-state index in [0.717, 1.165) is 11.0 Å². The average molecular weight is 321 g/mol. The molecule has 25 heavy (non-hydrogen) atoms. The van der Waals surface area contributed by atoms with Crippen molar-refractivity contribution in [1.82, 2.24) is 14.5 Å². The largest absolute Gasteiger partial charge is 0.347 e. The summed E-state index contributed by atoms with van der Waals surface area (Å²) in [7, 11) is 2.14. The van der Waals surface area contributed by atoms with Gasteiger partial charge in [-0.15, -0.1) is 0 Å². The zero-order chi connectivity index (χ0) is 16.7. The van der Waals surface area contributed by atoms with E-state index in [4.69, 9.17) is 0 Å². The van der Waals surface area contributed by atoms with Crippen molar-refractivity contribution in [3.05, 3.63) is 60.6 Å². The second kappa shape index (κ2) is 4.25. The van der Waals surface area contributed by atoms with Crippen LogP contribution >= 0.6 is 0 Å². The van der Waals surface area contributed by atoms with E-state index < -0.39 is 0 Å². The van der Waals surface area contributed by atoms with Crippen molar-refractivity contribution in [1.29, 1.82) is 0 Å². The Morgan fingerprint density at radius 3 is 2.36 bits per heavy atom. The molecule has 6 aromatic rings. The zero-order valence-corrected chi connectivity index (χ0v) is 14.0. The van der Waals surface area contributed by atoms with Gasteiger partial charge < -0.3 is 4.57 Å². The molecule has 0 amide bonds. The number of hydrogen-bond acceptors (Lipinski definition) is 2. The highest BCUT2D eigenvalue weighted by Gasteiger charge is 2.19. The minimum atomic E-state index is 1.02. The molecule has 0 bridgehead atoms. The van der Waals surface area contributed by atoms with Gasteiger partial charge in [0, 0.05) is 39.8 Å². The van der Waals surface area contributed by atoms with Crippen LogP contribution in [-0.4, -0.2) is 14.5 Å². The third-order valence-corrected chi connectivity index (χ3v) is 5.67. The summed E-state index contributed by atoms with van der Waals surface area (Å²) in [5, 5.41) is 8.80. The lowest BCUT2D eigenvalue weighted by Crippen LogP contribution is -1.90. The molecule has 0 radical (unpaired) electrons. The first-order valence-electron chi connectivity index (χ1n) is 8.50. The smallest absolute Gasteiger partial charge is 0.116 e. The van der Waals surface area contributed by atoms with Gasteiger partial charge in [-0.1, -0.05) is 24.3 Å². The summed E-state index contributed by atoms with van der Waals surface area (Å²) in [4.78, 5) is 9.21. The highest BCUT2D eigenvalue weighted by Crippen LogP contribution is 2.42. The number of aryl methyl sites for hydroxylation is 2. The molecule has 0 fully saturated rings. The van der Waals surface area contributed by atoms with Crippen LogP contribution in [0.2, 0.25) is 0 Å². The van der Waals surface area contributed by atoms with Crippen molar-refractivity contribution in [3.8, 4) is 0 Å². The monoisotopic (exact) mass is 321 g/mol. The summed E-state index contributed by atoms with van der Waals surface area (Å²) in [6, 6.07) is 17.4. The van der Waals surface area contributed by atoms with Crippen LogP contribution in [0.15, 0.2) is 54.9 Å². The van der Waals surface area contributed by atoms with Gasteiger partial charge >= 0.3 is 0 Å². The fourth-order valence-corrected chi connectivity index (χ4v) is 4.38. The molecular formula is C22H15N3. The fourth-order valence-electron chi connectivity index (χ4n) is 4.38. The Morgan fingerprint density at radius 1 is 0.800 bits per heavy atom. The number of fused-ring (bicyclic) bond motifs is 4. The van der Waals surface area contributed by atoms with E-state index in [1.807, 2.05) is 0 Å². The Kier molecular flexibility index (Phi) is 2.23. The van der Waals surface area contributed by atoms with E-state index in [1.54, 1.807) is 6.33 Å². The highest BCUT2D eigenvalue weighted by molar-refractivity contribution is 6.34. The van der Waals surface area contributed by atoms with Gasteiger partial charge in [0.2, 0.25) is 0 Å². The molecule has 4 aromatic carbocycles. The maximum Gasteiger partial charge on any atom is 0.116 e. The molecule has 3 heteroatoms. The quantitative estimate of drug-likeness (QED) is 0.280. The van der Waals surface area contributed by atoms with Gasteiger partial charge in [0.25, 0.3) is 0 Å². The van der Waals surface area contributed by atoms with E-state index in [9.17, 15) is 0 Å². The molecule has 3 nitrogen and oxygen atoms in total. The van der Waals surface area contributed by atoms with Gasteiger partial charge in [-0.3, -0.25) is 0 Å². The van der Waals surface area contributed by atoms with Gasteiger partial charge in [-0.2, -0.15) is 0 Å². The second-order valence-corrected chi connectivity index (χ2v) is 6.84. The van der Waals surface area contributed by atoms with Gasteiger partial charge in [-0.25, -0.2) is 9.97 Å². The molecule has 0 spiro atoms. The molecule has 0 atom stereocenters. The Labute approximate surface area is 143 Å². The Morgan fingerprint density at radius 2 is 1.56 bits per heavy atom. The predicted molar refractivity (Wildman–Crippen MR) is 104 cm³/mol. The summed E-state index contributed by atoms with van der Waals surface area (Å²) >= 11 is 0. The van der Waals surface area contributed by atoms with Crippen LogP contribution in [0.5, 0.6) is 0 Å². The predicted octanol–water partition coefficient (Wildman–Crippen LogP) is 5.33. The normalized spacial score (nSPS) is 12.4. The van der Waals surface area contributed by atoms with Crippen LogP contribution in [0.1, 0.15) is 5.69 Å². The number of nitrogens with zero attached hydrogens (tertiary/aromatic N) is 3. The number of rotatable bonds is 0. The standard InChI is InChI=1S/C22H15N3/c1-12-19-15-9-13-5-3-4-6-14(13)10-16(15)22-20-17(23-11-24-22)7-8-18(21(19)20)25(12)2/h3-11H,1-2H3. The lowest BCUT2D eigenvalue weighted by atomic mass is 9.94. The minimum absolute atomic E-state index is 1.02. The summed E-state index contributed by atoms with van der Waals surface area (Å²) < 4.78 is 2.28. The van der Waals surface area contributed by atoms with Gasteiger partial charge in [0.1, 0.15) is 6.33 Å². The van der Waals surface area contributed by atoms with Crippen LogP contribution in [0.3, 0.4) is 0 Å². The second-order valence-electron chi connectivity index (χ2n) is 6.84. The van der Waals surface area contributed by atoms with Gasteiger partial charge in [-0.05, 0) is 47.3 Å². The third kappa shape index (κ3) is 1.47. The maximum atomic E-state index is 4.69. The summed E-state index contributed by atoms with van der Waals surface area (Å²) in [5.41, 5.74) is 4.60. The molecule has 0 aliphatic heterocycles. The lowest BCUT2D eigenvalue weighted by molar-refractivity contribution is 0.925. The lowest BCUT2D eigenvalue weighted by Gasteiger charge is -2.10. The average Bonchev–Trinajstić information content (AvgIpc) is 2.91. The van der Waals surface area contributed by atoms with E-state index in [1.165, 1.54) is 48.9 Å². The minimum Gasteiger partial charge on any atom is -0.347 e. The highest BCUT2D eigenvalue weighted by atomic mass is 14.9. The molecule has 6 rings (SSSR count). The fraction of sp³-hybridized carbons (Fsp3) is 0.0909. The molecule has 2 heterocycles. The van der Waals surface area contributed by atoms with Crippen LogP contribution in [-0.2, 0) is 7.05 Å². The van der Waals surface area contributed by atoms with Gasteiger partial charge in [0.05, 0.1) is 11.0 Å². The van der Waals surface area contributed by atoms with E-state index in [2.05, 4.69) is 77.0 Å². The molecule has 0 saturated carbocycles. The molecule has 0 saturated heterocycles. The van der Waals surface area contributed by atoms with Gasteiger partial charge in [0.15, 0.2) is 0 Å². The van der Waals surface area contributed by atoms with E-state index >= 15 is 0 Å². The molecule has 0 N–H and O–H groups in total. The van der Waals surface area contributed by atoms with Crippen molar-refractivity contribution in [3.63, 3.8) is 0 Å². The van der Waals surface area contributed by atoms with Crippen LogP contribution in [0.4, 0.5) is 0 Å². The molecule has 118 valence electrons. The first-order chi connectivity index (χ1) is 12.2. The van der Waals surface area contributed by atoms with Crippen LogP contribution in [0, 0.1) is 6.92 Å². The van der Waals surface area contributed by atoms with Crippen molar-refractivity contribution in [2.24, 2.45) is 7.05 Å². The van der Waals surface area contributed by atoms with Crippen molar-refractivity contribution >= 4 is 54.3 Å². The Balaban J connectivity index is 2.08. The van der Waals surface area contributed by atoms with Crippen LogP contribution < -0.4 is 0 Å². The SMILES string of the molecule is Cc1c2c3cc4ccccc4cc3c3ncnc4ccc(c2c43)n1C. The molecule has 0 aliphatic carbocycles. The molecule has 0 unspecified atom stereocenters. The zero-order valence-electron chi connectivity index (χ0n) is 14.0.